The Hall–Kier alpha value is -1.34. The Kier molecular flexibility index (Phi) is 7.45. The standard InChI is InChI=1S/C14H27N3O4/c1-4-12(2)15-5-7-16(8-6-15)14(20)17(9-10-21-3)11-13(18)19/h12H,4-11H2,1-3H3,(H,18,19). The summed E-state index contributed by atoms with van der Waals surface area (Å²) in [5.41, 5.74) is 0. The van der Waals surface area contributed by atoms with Gasteiger partial charge in [-0.1, -0.05) is 6.92 Å². The Morgan fingerprint density at radius 3 is 2.38 bits per heavy atom. The molecule has 21 heavy (non-hydrogen) atoms. The molecule has 1 N–H and O–H groups in total. The summed E-state index contributed by atoms with van der Waals surface area (Å²) in [7, 11) is 1.54. The van der Waals surface area contributed by atoms with E-state index in [9.17, 15) is 9.59 Å². The summed E-state index contributed by atoms with van der Waals surface area (Å²) < 4.78 is 4.94. The molecular weight excluding hydrogens is 274 g/mol. The lowest BCUT2D eigenvalue weighted by Gasteiger charge is -2.39. The van der Waals surface area contributed by atoms with Gasteiger partial charge in [0.2, 0.25) is 0 Å². The molecule has 1 rings (SSSR count). The number of nitrogens with zero attached hydrogens (tertiary/aromatic N) is 3. The normalized spacial score (nSPS) is 17.6. The van der Waals surface area contributed by atoms with Gasteiger partial charge in [-0.05, 0) is 13.3 Å². The summed E-state index contributed by atoms with van der Waals surface area (Å²) >= 11 is 0. The lowest BCUT2D eigenvalue weighted by Crippen LogP contribution is -2.55. The van der Waals surface area contributed by atoms with Crippen molar-refractivity contribution in [3.8, 4) is 0 Å². The van der Waals surface area contributed by atoms with Crippen LogP contribution in [-0.4, -0.2) is 90.8 Å². The summed E-state index contributed by atoms with van der Waals surface area (Å²) in [6.45, 7) is 7.66. The molecule has 7 heteroatoms. The van der Waals surface area contributed by atoms with E-state index in [0.717, 1.165) is 19.5 Å². The minimum atomic E-state index is -1.00. The van der Waals surface area contributed by atoms with Crippen LogP contribution in [0.3, 0.4) is 0 Å². The molecule has 7 nitrogen and oxygen atoms in total. The van der Waals surface area contributed by atoms with E-state index in [1.807, 2.05) is 0 Å². The van der Waals surface area contributed by atoms with E-state index in [0.29, 0.717) is 32.3 Å². The largest absolute Gasteiger partial charge is 0.480 e. The van der Waals surface area contributed by atoms with E-state index in [1.165, 1.54) is 12.0 Å². The molecule has 0 aliphatic carbocycles. The fraction of sp³-hybridized carbons (Fsp3) is 0.857. The molecule has 0 aromatic carbocycles. The molecule has 2 amide bonds. The number of carbonyl (C=O) groups excluding carboxylic acids is 1. The van der Waals surface area contributed by atoms with E-state index in [1.54, 1.807) is 4.90 Å². The number of carbonyl (C=O) groups is 2. The van der Waals surface area contributed by atoms with Gasteiger partial charge in [0.15, 0.2) is 0 Å². The van der Waals surface area contributed by atoms with Crippen LogP contribution in [-0.2, 0) is 9.53 Å². The maximum absolute atomic E-state index is 12.4. The third-order valence-electron chi connectivity index (χ3n) is 3.96. The monoisotopic (exact) mass is 301 g/mol. The van der Waals surface area contributed by atoms with E-state index >= 15 is 0 Å². The van der Waals surface area contributed by atoms with Crippen LogP contribution in [0.15, 0.2) is 0 Å². The second kappa shape index (κ2) is 8.84. The van der Waals surface area contributed by atoms with Crippen molar-refractivity contribution >= 4 is 12.0 Å². The van der Waals surface area contributed by atoms with Crippen molar-refractivity contribution in [3.05, 3.63) is 0 Å². The van der Waals surface area contributed by atoms with Crippen LogP contribution in [0.4, 0.5) is 4.79 Å². The minimum absolute atomic E-state index is 0.210. The quantitative estimate of drug-likeness (QED) is 0.743. The molecule has 1 heterocycles. The summed E-state index contributed by atoms with van der Waals surface area (Å²) in [5.74, 6) is -1.00. The van der Waals surface area contributed by atoms with Gasteiger partial charge >= 0.3 is 12.0 Å². The highest BCUT2D eigenvalue weighted by molar-refractivity contribution is 5.80. The first-order chi connectivity index (χ1) is 9.99. The van der Waals surface area contributed by atoms with Crippen LogP contribution in [0.5, 0.6) is 0 Å². The van der Waals surface area contributed by atoms with Gasteiger partial charge < -0.3 is 19.6 Å². The third-order valence-corrected chi connectivity index (χ3v) is 3.96. The molecule has 0 saturated carbocycles. The summed E-state index contributed by atoms with van der Waals surface area (Å²) in [4.78, 5) is 28.7. The van der Waals surface area contributed by atoms with Crippen molar-refractivity contribution < 1.29 is 19.4 Å². The zero-order valence-corrected chi connectivity index (χ0v) is 13.2. The zero-order valence-electron chi connectivity index (χ0n) is 13.2. The Labute approximate surface area is 126 Å². The smallest absolute Gasteiger partial charge is 0.323 e. The molecule has 0 aromatic rings. The lowest BCUT2D eigenvalue weighted by molar-refractivity contribution is -0.137. The average Bonchev–Trinajstić information content (AvgIpc) is 2.49. The van der Waals surface area contributed by atoms with Crippen molar-refractivity contribution in [3.63, 3.8) is 0 Å². The molecular formula is C14H27N3O4. The van der Waals surface area contributed by atoms with E-state index in [2.05, 4.69) is 18.7 Å². The SMILES string of the molecule is CCC(C)N1CCN(C(=O)N(CCOC)CC(=O)O)CC1. The van der Waals surface area contributed by atoms with Gasteiger partial charge in [-0.15, -0.1) is 0 Å². The van der Waals surface area contributed by atoms with Crippen LogP contribution in [0.2, 0.25) is 0 Å². The van der Waals surface area contributed by atoms with Crippen molar-refractivity contribution in [2.45, 2.75) is 26.3 Å². The Balaban J connectivity index is 2.54. The van der Waals surface area contributed by atoms with Crippen molar-refractivity contribution in [2.75, 3.05) is 53.0 Å². The number of ether oxygens (including phenoxy) is 1. The number of methoxy groups -OCH3 is 1. The highest BCUT2D eigenvalue weighted by Gasteiger charge is 2.27. The topological polar surface area (TPSA) is 73.3 Å². The number of amides is 2. The highest BCUT2D eigenvalue weighted by atomic mass is 16.5. The summed E-state index contributed by atoms with van der Waals surface area (Å²) in [6.07, 6.45) is 1.09. The highest BCUT2D eigenvalue weighted by Crippen LogP contribution is 2.10. The van der Waals surface area contributed by atoms with Crippen molar-refractivity contribution in [1.82, 2.24) is 14.7 Å². The number of hydrogen-bond acceptors (Lipinski definition) is 4. The van der Waals surface area contributed by atoms with Crippen LogP contribution >= 0.6 is 0 Å². The molecule has 1 fully saturated rings. The van der Waals surface area contributed by atoms with Gasteiger partial charge in [0.1, 0.15) is 6.54 Å². The molecule has 0 radical (unpaired) electrons. The van der Waals surface area contributed by atoms with Crippen LogP contribution in [0, 0.1) is 0 Å². The van der Waals surface area contributed by atoms with Gasteiger partial charge in [-0.2, -0.15) is 0 Å². The molecule has 1 aliphatic heterocycles. The number of carboxylic acids is 1. The first kappa shape index (κ1) is 17.7. The fourth-order valence-electron chi connectivity index (χ4n) is 2.42. The Bertz CT molecular complexity index is 343. The maximum atomic E-state index is 12.4. The first-order valence-corrected chi connectivity index (χ1v) is 7.48. The number of aliphatic carboxylic acids is 1. The number of piperazine rings is 1. The van der Waals surface area contributed by atoms with Gasteiger partial charge in [-0.25, -0.2) is 4.79 Å². The van der Waals surface area contributed by atoms with Crippen LogP contribution in [0.1, 0.15) is 20.3 Å². The second-order valence-electron chi connectivity index (χ2n) is 5.37. The van der Waals surface area contributed by atoms with Gasteiger partial charge in [0, 0.05) is 45.9 Å². The van der Waals surface area contributed by atoms with E-state index < -0.39 is 5.97 Å². The summed E-state index contributed by atoms with van der Waals surface area (Å²) in [6, 6.07) is 0.309. The molecule has 122 valence electrons. The lowest BCUT2D eigenvalue weighted by atomic mass is 10.2. The Morgan fingerprint density at radius 1 is 1.29 bits per heavy atom. The predicted octanol–water partition coefficient (Wildman–Crippen LogP) is 0.556. The van der Waals surface area contributed by atoms with Crippen LogP contribution < -0.4 is 0 Å². The van der Waals surface area contributed by atoms with E-state index in [-0.39, 0.29) is 12.6 Å². The molecule has 1 atom stereocenters. The van der Waals surface area contributed by atoms with Gasteiger partial charge in [-0.3, -0.25) is 9.69 Å². The number of rotatable bonds is 7. The van der Waals surface area contributed by atoms with Crippen molar-refractivity contribution in [2.24, 2.45) is 0 Å². The molecule has 1 aliphatic rings. The Morgan fingerprint density at radius 2 is 1.90 bits per heavy atom. The molecule has 0 spiro atoms. The minimum Gasteiger partial charge on any atom is -0.480 e. The fourth-order valence-corrected chi connectivity index (χ4v) is 2.42. The number of urea groups is 1. The maximum Gasteiger partial charge on any atom is 0.323 e. The zero-order chi connectivity index (χ0) is 15.8. The molecule has 0 bridgehead atoms. The third kappa shape index (κ3) is 5.51. The molecule has 0 aromatic heterocycles. The van der Waals surface area contributed by atoms with Crippen LogP contribution in [0.25, 0.3) is 0 Å². The summed E-state index contributed by atoms with van der Waals surface area (Å²) in [5, 5.41) is 8.92. The molecule has 1 saturated heterocycles. The van der Waals surface area contributed by atoms with Gasteiger partial charge in [0.05, 0.1) is 6.61 Å². The van der Waals surface area contributed by atoms with Crippen molar-refractivity contribution in [1.29, 1.82) is 0 Å². The number of hydrogen-bond donors (Lipinski definition) is 1. The first-order valence-electron chi connectivity index (χ1n) is 7.48. The average molecular weight is 301 g/mol. The van der Waals surface area contributed by atoms with Gasteiger partial charge in [0.25, 0.3) is 0 Å². The predicted molar refractivity (Wildman–Crippen MR) is 79.4 cm³/mol. The molecule has 1 unspecified atom stereocenters. The second-order valence-corrected chi connectivity index (χ2v) is 5.37. The number of carboxylic acid groups (broad SMARTS) is 1. The van der Waals surface area contributed by atoms with E-state index in [4.69, 9.17) is 9.84 Å².